The number of halogens is 1. The number of nitrogens with one attached hydrogen (secondary N) is 1. The van der Waals surface area contributed by atoms with Gasteiger partial charge in [0.05, 0.1) is 24.9 Å². The Morgan fingerprint density at radius 3 is 3.16 bits per heavy atom. The van der Waals surface area contributed by atoms with Crippen LogP contribution in [0.1, 0.15) is 10.4 Å². The minimum absolute atomic E-state index is 0.123. The minimum Gasteiger partial charge on any atom is -0.383 e. The first-order valence-corrected chi connectivity index (χ1v) is 5.38. The van der Waals surface area contributed by atoms with E-state index in [1.807, 2.05) is 0 Å². The summed E-state index contributed by atoms with van der Waals surface area (Å²) < 4.78 is 19.6. The zero-order chi connectivity index (χ0) is 13.7. The molecule has 1 amide bonds. The maximum absolute atomic E-state index is 13.4. The molecule has 9 heteroatoms. The Morgan fingerprint density at radius 2 is 2.42 bits per heavy atom. The summed E-state index contributed by atoms with van der Waals surface area (Å²) in [6, 6.07) is 1.27. The summed E-state index contributed by atoms with van der Waals surface area (Å²) in [4.78, 5) is 15.4. The lowest BCUT2D eigenvalue weighted by molar-refractivity contribution is 0.102. The van der Waals surface area contributed by atoms with Crippen LogP contribution in [-0.2, 0) is 11.3 Å². The molecule has 0 spiro atoms. The van der Waals surface area contributed by atoms with E-state index in [0.29, 0.717) is 13.2 Å². The van der Waals surface area contributed by atoms with Gasteiger partial charge in [0.2, 0.25) is 5.95 Å². The van der Waals surface area contributed by atoms with Gasteiger partial charge in [0, 0.05) is 13.3 Å². The van der Waals surface area contributed by atoms with Gasteiger partial charge >= 0.3 is 0 Å². The second-order valence-corrected chi connectivity index (χ2v) is 3.53. The van der Waals surface area contributed by atoms with Crippen molar-refractivity contribution in [3.63, 3.8) is 0 Å². The van der Waals surface area contributed by atoms with Gasteiger partial charge in [0.25, 0.3) is 5.91 Å². The van der Waals surface area contributed by atoms with Gasteiger partial charge in [-0.05, 0) is 16.5 Å². The number of carbonyl (C=O) groups excluding carboxylic acids is 1. The predicted molar refractivity (Wildman–Crippen MR) is 61.8 cm³/mol. The number of ether oxygens (including phenoxy) is 1. The van der Waals surface area contributed by atoms with Gasteiger partial charge in [-0.25, -0.2) is 9.07 Å². The number of nitrogens with zero attached hydrogens (tertiary/aromatic N) is 5. The molecule has 0 radical (unpaired) electrons. The third kappa shape index (κ3) is 3.07. The highest BCUT2D eigenvalue weighted by molar-refractivity contribution is 6.03. The minimum atomic E-state index is -0.712. The van der Waals surface area contributed by atoms with Crippen LogP contribution in [-0.4, -0.2) is 44.8 Å². The Morgan fingerprint density at radius 1 is 1.58 bits per heavy atom. The maximum atomic E-state index is 13.4. The summed E-state index contributed by atoms with van der Waals surface area (Å²) in [5, 5.41) is 13.2. The second-order valence-electron chi connectivity index (χ2n) is 3.53. The lowest BCUT2D eigenvalue weighted by Gasteiger charge is -2.06. The molecule has 0 aliphatic carbocycles. The van der Waals surface area contributed by atoms with Crippen LogP contribution in [0.15, 0.2) is 18.5 Å². The first-order chi connectivity index (χ1) is 9.22. The molecule has 2 aromatic heterocycles. The third-order valence-corrected chi connectivity index (χ3v) is 2.28. The van der Waals surface area contributed by atoms with E-state index in [2.05, 4.69) is 25.8 Å². The quantitative estimate of drug-likeness (QED) is 0.825. The van der Waals surface area contributed by atoms with Crippen LogP contribution < -0.4 is 5.32 Å². The van der Waals surface area contributed by atoms with Crippen molar-refractivity contribution < 1.29 is 13.9 Å². The number of rotatable bonds is 5. The summed E-state index contributed by atoms with van der Waals surface area (Å²) in [6.07, 6.45) is 2.29. The average Bonchev–Trinajstić information content (AvgIpc) is 2.84. The molecule has 0 unspecified atom stereocenters. The molecule has 2 heterocycles. The molecule has 19 heavy (non-hydrogen) atoms. The molecule has 0 fully saturated rings. The Balaban J connectivity index is 2.11. The van der Waals surface area contributed by atoms with Crippen molar-refractivity contribution in [3.05, 3.63) is 29.8 Å². The molecular formula is C10H11FN6O2. The normalized spacial score (nSPS) is 10.4. The Kier molecular flexibility index (Phi) is 4.08. The molecule has 8 nitrogen and oxygen atoms in total. The zero-order valence-corrected chi connectivity index (χ0v) is 10.1. The molecule has 0 saturated carbocycles. The molecule has 100 valence electrons. The van der Waals surface area contributed by atoms with Crippen LogP contribution in [0.3, 0.4) is 0 Å². The van der Waals surface area contributed by atoms with Crippen molar-refractivity contribution in [2.24, 2.45) is 0 Å². The fourth-order valence-electron chi connectivity index (χ4n) is 1.35. The van der Waals surface area contributed by atoms with Crippen LogP contribution in [0.2, 0.25) is 0 Å². The van der Waals surface area contributed by atoms with Crippen molar-refractivity contribution in [3.8, 4) is 0 Å². The first-order valence-electron chi connectivity index (χ1n) is 5.38. The van der Waals surface area contributed by atoms with Crippen molar-refractivity contribution in [1.29, 1.82) is 0 Å². The predicted octanol–water partition coefficient (Wildman–Crippen LogP) is 0.106. The van der Waals surface area contributed by atoms with E-state index < -0.39 is 11.7 Å². The monoisotopic (exact) mass is 266 g/mol. The summed E-state index contributed by atoms with van der Waals surface area (Å²) in [7, 11) is 1.54. The lowest BCUT2D eigenvalue weighted by atomic mass is 10.2. The number of tetrazole rings is 1. The molecule has 2 rings (SSSR count). The maximum Gasteiger partial charge on any atom is 0.261 e. The van der Waals surface area contributed by atoms with E-state index in [-0.39, 0.29) is 11.5 Å². The Bertz CT molecular complexity index is 573. The van der Waals surface area contributed by atoms with Crippen molar-refractivity contribution >= 4 is 11.9 Å². The van der Waals surface area contributed by atoms with Crippen molar-refractivity contribution in [2.75, 3.05) is 19.0 Å². The van der Waals surface area contributed by atoms with Crippen LogP contribution in [0.25, 0.3) is 0 Å². The Hall–Kier alpha value is -2.42. The highest BCUT2D eigenvalue weighted by Gasteiger charge is 2.15. The van der Waals surface area contributed by atoms with E-state index in [9.17, 15) is 9.18 Å². The zero-order valence-electron chi connectivity index (χ0n) is 10.1. The van der Waals surface area contributed by atoms with Crippen LogP contribution in [0.5, 0.6) is 0 Å². The fourth-order valence-corrected chi connectivity index (χ4v) is 1.35. The molecule has 0 atom stereocenters. The third-order valence-electron chi connectivity index (χ3n) is 2.28. The van der Waals surface area contributed by atoms with Crippen LogP contribution >= 0.6 is 0 Å². The molecule has 0 aromatic carbocycles. The topological polar surface area (TPSA) is 94.8 Å². The number of hydrogen-bond acceptors (Lipinski definition) is 6. The van der Waals surface area contributed by atoms with Gasteiger partial charge in [-0.1, -0.05) is 5.10 Å². The van der Waals surface area contributed by atoms with E-state index in [0.717, 1.165) is 6.20 Å². The first kappa shape index (κ1) is 13.0. The largest absolute Gasteiger partial charge is 0.383 e. The van der Waals surface area contributed by atoms with Crippen LogP contribution in [0.4, 0.5) is 10.3 Å². The summed E-state index contributed by atoms with van der Waals surface area (Å²) in [5.74, 6) is -1.23. The average molecular weight is 266 g/mol. The Labute approximate surface area is 107 Å². The molecule has 2 aromatic rings. The number of methoxy groups -OCH3 is 1. The number of carbonyl (C=O) groups is 1. The second kappa shape index (κ2) is 5.96. The summed E-state index contributed by atoms with van der Waals surface area (Å²) in [6.45, 7) is 0.759. The van der Waals surface area contributed by atoms with Crippen LogP contribution in [0, 0.1) is 5.82 Å². The lowest BCUT2D eigenvalue weighted by Crippen LogP contribution is -2.19. The molecule has 1 N–H and O–H groups in total. The number of hydrogen-bond donors (Lipinski definition) is 1. The van der Waals surface area contributed by atoms with Gasteiger partial charge in [-0.2, -0.15) is 0 Å². The van der Waals surface area contributed by atoms with E-state index >= 15 is 0 Å². The smallest absolute Gasteiger partial charge is 0.261 e. The van der Waals surface area contributed by atoms with Gasteiger partial charge in [0.1, 0.15) is 0 Å². The van der Waals surface area contributed by atoms with E-state index in [1.165, 1.54) is 24.1 Å². The number of anilines is 1. The van der Waals surface area contributed by atoms with E-state index in [1.54, 1.807) is 0 Å². The van der Waals surface area contributed by atoms with Gasteiger partial charge in [-0.3, -0.25) is 15.1 Å². The van der Waals surface area contributed by atoms with Gasteiger partial charge in [-0.15, -0.1) is 0 Å². The number of amides is 1. The molecule has 0 saturated heterocycles. The van der Waals surface area contributed by atoms with Gasteiger partial charge < -0.3 is 4.74 Å². The molecule has 0 bridgehead atoms. The summed E-state index contributed by atoms with van der Waals surface area (Å²) >= 11 is 0. The SMILES string of the molecule is COCCn1nnnc1NC(=O)c1ccncc1F. The molecule has 0 aliphatic heterocycles. The summed E-state index contributed by atoms with van der Waals surface area (Å²) in [5.41, 5.74) is -0.128. The fraction of sp³-hybridized carbons (Fsp3) is 0.300. The standard InChI is InChI=1S/C10H11FN6O2/c1-19-5-4-17-10(14-15-16-17)13-9(18)7-2-3-12-6-8(7)11/h2-3,6H,4-5H2,1H3,(H,13,14,16,18). The molecule has 0 aliphatic rings. The van der Waals surface area contributed by atoms with E-state index in [4.69, 9.17) is 4.74 Å². The van der Waals surface area contributed by atoms with Crippen molar-refractivity contribution in [1.82, 2.24) is 25.2 Å². The number of pyridine rings is 1. The van der Waals surface area contributed by atoms with Gasteiger partial charge in [0.15, 0.2) is 5.82 Å². The van der Waals surface area contributed by atoms with Crippen molar-refractivity contribution in [2.45, 2.75) is 6.54 Å². The number of aromatic nitrogens is 5. The molecular weight excluding hydrogens is 255 g/mol. The highest BCUT2D eigenvalue weighted by atomic mass is 19.1. The highest BCUT2D eigenvalue weighted by Crippen LogP contribution is 2.08.